The van der Waals surface area contributed by atoms with Gasteiger partial charge in [0.25, 0.3) is 0 Å². The Balaban J connectivity index is 2.66. The zero-order chi connectivity index (χ0) is 22.0. The van der Waals surface area contributed by atoms with Crippen LogP contribution in [0.1, 0.15) is 84.8 Å². The summed E-state index contributed by atoms with van der Waals surface area (Å²) >= 11 is 6.84. The number of unbranched alkanes of at least 4 members (excludes halogenated alkanes) is 4. The summed E-state index contributed by atoms with van der Waals surface area (Å²) < 4.78 is 7.69. The summed E-state index contributed by atoms with van der Waals surface area (Å²) in [5, 5.41) is 0. The minimum Gasteiger partial charge on any atom is -0.297 e. The van der Waals surface area contributed by atoms with Crippen molar-refractivity contribution in [3.05, 3.63) is 30.1 Å². The van der Waals surface area contributed by atoms with Crippen molar-refractivity contribution in [1.82, 2.24) is 18.7 Å². The number of hydrogen-bond acceptors (Lipinski definition) is 2. The van der Waals surface area contributed by atoms with Crippen LogP contribution in [0.5, 0.6) is 0 Å². The zero-order valence-corrected chi connectivity index (χ0v) is 21.6. The molecule has 2 aromatic rings. The number of pyridine rings is 1. The van der Waals surface area contributed by atoms with Crippen molar-refractivity contribution in [1.29, 1.82) is 0 Å². The van der Waals surface area contributed by atoms with Gasteiger partial charge in [0.1, 0.15) is 17.4 Å². The van der Waals surface area contributed by atoms with Crippen molar-refractivity contribution in [3.8, 4) is 0 Å². The lowest BCUT2D eigenvalue weighted by atomic mass is 10.3. The highest BCUT2D eigenvalue weighted by Gasteiger charge is 2.37. The zero-order valence-electron chi connectivity index (χ0n) is 19.9. The van der Waals surface area contributed by atoms with Crippen LogP contribution in [-0.4, -0.2) is 44.9 Å². The Bertz CT molecular complexity index is 764. The molecule has 2 rings (SSSR count). The van der Waals surface area contributed by atoms with E-state index in [1.165, 1.54) is 56.8 Å². The molecule has 0 fully saturated rings. The molecule has 30 heavy (non-hydrogen) atoms. The fourth-order valence-electron chi connectivity index (χ4n) is 4.03. The molecule has 0 bridgehead atoms. The highest BCUT2D eigenvalue weighted by Crippen LogP contribution is 2.54. The van der Waals surface area contributed by atoms with E-state index in [0.29, 0.717) is 0 Å². The van der Waals surface area contributed by atoms with Crippen LogP contribution in [0.3, 0.4) is 0 Å². The number of fused-ring (bicyclic) bond motifs is 1. The molecule has 0 amide bonds. The fourth-order valence-corrected chi connectivity index (χ4v) is 9.13. The largest absolute Gasteiger partial charge is 0.297 e. The van der Waals surface area contributed by atoms with Crippen LogP contribution in [-0.2, 0) is 11.8 Å². The maximum absolute atomic E-state index is 6.84. The Hall–Kier alpha value is -0.740. The van der Waals surface area contributed by atoms with E-state index in [1.807, 2.05) is 0 Å². The Labute approximate surface area is 190 Å². The number of imidazole rings is 1. The van der Waals surface area contributed by atoms with Crippen molar-refractivity contribution < 1.29 is 0 Å². The molecule has 2 heterocycles. The van der Waals surface area contributed by atoms with Crippen LogP contribution < -0.4 is 5.44 Å². The number of aromatic nitrogens is 2. The lowest BCUT2D eigenvalue weighted by Crippen LogP contribution is -2.41. The topological polar surface area (TPSA) is 23.8 Å². The van der Waals surface area contributed by atoms with Crippen molar-refractivity contribution in [2.24, 2.45) is 0 Å². The molecule has 0 saturated carbocycles. The third-order valence-electron chi connectivity index (χ3n) is 5.79. The molecule has 0 unspecified atom stereocenters. The molecule has 0 aromatic carbocycles. The van der Waals surface area contributed by atoms with Crippen LogP contribution in [0.4, 0.5) is 0 Å². The smallest absolute Gasteiger partial charge is 0.137 e. The van der Waals surface area contributed by atoms with Gasteiger partial charge in [0.05, 0.1) is 5.69 Å². The first-order valence-electron chi connectivity index (χ1n) is 12.1. The van der Waals surface area contributed by atoms with Gasteiger partial charge in [0.15, 0.2) is 0 Å². The highest BCUT2D eigenvalue weighted by molar-refractivity contribution is 8.15. The molecule has 0 atom stereocenters. The van der Waals surface area contributed by atoms with Crippen molar-refractivity contribution in [2.75, 3.05) is 26.2 Å². The Morgan fingerprint density at radius 3 is 1.73 bits per heavy atom. The van der Waals surface area contributed by atoms with Gasteiger partial charge in [-0.1, -0.05) is 71.3 Å². The normalized spacial score (nSPS) is 12.5. The lowest BCUT2D eigenvalue weighted by Gasteiger charge is -2.43. The minimum atomic E-state index is -2.15. The number of aryl methyl sites for hydroxylation is 1. The van der Waals surface area contributed by atoms with Gasteiger partial charge < -0.3 is 0 Å². The molecule has 0 N–H and O–H groups in total. The summed E-state index contributed by atoms with van der Waals surface area (Å²) in [4.78, 5) is 4.94. The standard InChI is InChI=1S/C24H43N4PS/c1-6-10-17-26(18-11-7-2)29(30,27(19-12-8-3)20-13-9-4)24-22(5)25-23-16-14-15-21-28(23)24/h14-16,21H,6-13,17-20H2,1-5H3. The predicted octanol–water partition coefficient (Wildman–Crippen LogP) is 6.38. The molecule has 2 aromatic heterocycles. The second-order valence-electron chi connectivity index (χ2n) is 8.32. The second-order valence-corrected chi connectivity index (χ2v) is 12.5. The monoisotopic (exact) mass is 450 g/mol. The predicted molar refractivity (Wildman–Crippen MR) is 137 cm³/mol. The van der Waals surface area contributed by atoms with E-state index in [9.17, 15) is 0 Å². The summed E-state index contributed by atoms with van der Waals surface area (Å²) in [7, 11) is 0. The highest BCUT2D eigenvalue weighted by atomic mass is 32.4. The third kappa shape index (κ3) is 5.94. The van der Waals surface area contributed by atoms with Crippen molar-refractivity contribution in [3.63, 3.8) is 0 Å². The number of nitrogens with zero attached hydrogens (tertiary/aromatic N) is 4. The molecule has 0 aliphatic heterocycles. The average Bonchev–Trinajstić information content (AvgIpc) is 3.09. The molecule has 4 nitrogen and oxygen atoms in total. The van der Waals surface area contributed by atoms with Crippen LogP contribution in [0.15, 0.2) is 24.4 Å². The number of rotatable bonds is 15. The first-order chi connectivity index (χ1) is 14.5. The Kier molecular flexibility index (Phi) is 11.0. The summed E-state index contributed by atoms with van der Waals surface area (Å²) in [6, 6.07) is 6.30. The Morgan fingerprint density at radius 1 is 0.833 bits per heavy atom. The van der Waals surface area contributed by atoms with Crippen LogP contribution in [0, 0.1) is 6.92 Å². The van der Waals surface area contributed by atoms with E-state index in [0.717, 1.165) is 37.5 Å². The molecular formula is C24H43N4PS. The van der Waals surface area contributed by atoms with Gasteiger partial charge in [-0.25, -0.2) is 4.98 Å². The first kappa shape index (κ1) is 25.5. The maximum atomic E-state index is 6.84. The van der Waals surface area contributed by atoms with E-state index >= 15 is 0 Å². The van der Waals surface area contributed by atoms with Gasteiger partial charge in [-0.3, -0.25) is 13.7 Å². The van der Waals surface area contributed by atoms with Gasteiger partial charge >= 0.3 is 0 Å². The molecule has 0 saturated heterocycles. The van der Waals surface area contributed by atoms with E-state index in [-0.39, 0.29) is 0 Å². The number of hydrogen-bond donors (Lipinski definition) is 0. The molecule has 0 aliphatic carbocycles. The summed E-state index contributed by atoms with van der Waals surface area (Å²) in [5.41, 5.74) is 3.42. The molecule has 170 valence electrons. The van der Waals surface area contributed by atoms with E-state index < -0.39 is 6.34 Å². The SMILES string of the molecule is CCCCN(CCCC)P(=S)(c1c(C)nc2ccccn12)N(CCCC)CCCC. The minimum absolute atomic E-state index is 1.02. The van der Waals surface area contributed by atoms with Crippen molar-refractivity contribution in [2.45, 2.75) is 86.0 Å². The molecular weight excluding hydrogens is 407 g/mol. The second kappa shape index (κ2) is 13.0. The van der Waals surface area contributed by atoms with Gasteiger partial charge in [0.2, 0.25) is 0 Å². The summed E-state index contributed by atoms with van der Waals surface area (Å²) in [5.74, 6) is 0. The quantitative estimate of drug-likeness (QED) is 0.294. The van der Waals surface area contributed by atoms with Crippen LogP contribution in [0.25, 0.3) is 5.65 Å². The average molecular weight is 451 g/mol. The van der Waals surface area contributed by atoms with E-state index in [4.69, 9.17) is 16.8 Å². The maximum Gasteiger partial charge on any atom is 0.137 e. The van der Waals surface area contributed by atoms with Crippen LogP contribution in [0.2, 0.25) is 0 Å². The van der Waals surface area contributed by atoms with E-state index in [1.54, 1.807) is 0 Å². The van der Waals surface area contributed by atoms with E-state index in [2.05, 4.69) is 72.8 Å². The third-order valence-corrected chi connectivity index (χ3v) is 11.1. The van der Waals surface area contributed by atoms with Gasteiger partial charge in [-0.2, -0.15) is 0 Å². The summed E-state index contributed by atoms with van der Waals surface area (Å²) in [6.45, 7) is 15.6. The Morgan fingerprint density at radius 2 is 1.30 bits per heavy atom. The molecule has 0 radical (unpaired) electrons. The van der Waals surface area contributed by atoms with Crippen LogP contribution >= 0.6 is 6.34 Å². The molecule has 0 aliphatic rings. The molecule has 6 heteroatoms. The fraction of sp³-hybridized carbons (Fsp3) is 0.708. The van der Waals surface area contributed by atoms with Gasteiger partial charge in [-0.05, 0) is 44.7 Å². The van der Waals surface area contributed by atoms with Gasteiger partial charge in [-0.15, -0.1) is 0 Å². The molecule has 0 spiro atoms. The van der Waals surface area contributed by atoms with Crippen molar-refractivity contribution >= 4 is 29.2 Å². The van der Waals surface area contributed by atoms with Gasteiger partial charge in [0, 0.05) is 32.4 Å². The lowest BCUT2D eigenvalue weighted by molar-refractivity contribution is 0.365. The summed E-state index contributed by atoms with van der Waals surface area (Å²) in [6.07, 6.45) is 9.64. The first-order valence-corrected chi connectivity index (χ1v) is 14.8.